The number of piperidine rings is 1. The first kappa shape index (κ1) is 18.2. The van der Waals surface area contributed by atoms with Gasteiger partial charge in [0, 0.05) is 44.4 Å². The summed E-state index contributed by atoms with van der Waals surface area (Å²) >= 11 is 0. The van der Waals surface area contributed by atoms with Crippen LogP contribution in [0.4, 0.5) is 4.79 Å². The van der Waals surface area contributed by atoms with E-state index in [1.54, 1.807) is 0 Å². The molecule has 2 amide bonds. The molecule has 0 spiro atoms. The Morgan fingerprint density at radius 1 is 1.29 bits per heavy atom. The van der Waals surface area contributed by atoms with Crippen molar-refractivity contribution in [2.75, 3.05) is 26.2 Å². The van der Waals surface area contributed by atoms with Crippen molar-refractivity contribution in [3.8, 4) is 0 Å². The highest BCUT2D eigenvalue weighted by Crippen LogP contribution is 2.19. The van der Waals surface area contributed by atoms with Crippen LogP contribution in [-0.4, -0.2) is 65.3 Å². The maximum Gasteiger partial charge on any atom is 0.317 e. The van der Waals surface area contributed by atoms with Crippen molar-refractivity contribution in [3.05, 3.63) is 0 Å². The summed E-state index contributed by atoms with van der Waals surface area (Å²) in [5.41, 5.74) is 0. The van der Waals surface area contributed by atoms with Gasteiger partial charge in [-0.2, -0.15) is 0 Å². The van der Waals surface area contributed by atoms with Crippen LogP contribution in [0.3, 0.4) is 0 Å². The number of likely N-dealkylation sites (tertiary alicyclic amines) is 1. The maximum absolute atomic E-state index is 12.3. The minimum Gasteiger partial charge on any atom is -0.396 e. The van der Waals surface area contributed by atoms with E-state index in [0.717, 1.165) is 32.4 Å². The fourth-order valence-electron chi connectivity index (χ4n) is 3.22. The van der Waals surface area contributed by atoms with Crippen LogP contribution in [0, 0.1) is 0 Å². The number of nitrogens with one attached hydrogen (secondary N) is 1. The maximum atomic E-state index is 12.3. The highest BCUT2D eigenvalue weighted by atomic mass is 16.3. The zero-order valence-corrected chi connectivity index (χ0v) is 14.1. The highest BCUT2D eigenvalue weighted by molar-refractivity contribution is 5.74. The predicted octanol–water partition coefficient (Wildman–Crippen LogP) is 2.05. The third kappa shape index (κ3) is 5.83. The fraction of sp³-hybridized carbons (Fsp3) is 0.938. The first-order chi connectivity index (χ1) is 9.97. The van der Waals surface area contributed by atoms with Crippen molar-refractivity contribution in [2.24, 2.45) is 0 Å². The standard InChI is InChI=1S/C16H33N3O2/c1-13(2)18(14(3)4)11-9-17-16(21)19-10-6-5-7-15(19)8-12-20/h13-15,20H,5-12H2,1-4H3,(H,17,21). The molecular formula is C16H33N3O2. The Balaban J connectivity index is 2.41. The zero-order chi connectivity index (χ0) is 15.8. The van der Waals surface area contributed by atoms with Crippen molar-refractivity contribution in [1.82, 2.24) is 15.1 Å². The van der Waals surface area contributed by atoms with Gasteiger partial charge in [0.1, 0.15) is 0 Å². The minimum atomic E-state index is 0.0283. The second kappa shape index (κ2) is 9.26. The van der Waals surface area contributed by atoms with Gasteiger partial charge < -0.3 is 15.3 Å². The summed E-state index contributed by atoms with van der Waals surface area (Å²) in [7, 11) is 0. The molecule has 5 heteroatoms. The van der Waals surface area contributed by atoms with E-state index in [0.29, 0.717) is 25.0 Å². The van der Waals surface area contributed by atoms with Gasteiger partial charge in [0.2, 0.25) is 0 Å². The molecule has 0 saturated carbocycles. The van der Waals surface area contributed by atoms with Crippen LogP contribution in [0.25, 0.3) is 0 Å². The lowest BCUT2D eigenvalue weighted by atomic mass is 10.0. The van der Waals surface area contributed by atoms with E-state index in [-0.39, 0.29) is 18.7 Å². The van der Waals surface area contributed by atoms with E-state index in [9.17, 15) is 4.79 Å². The van der Waals surface area contributed by atoms with Gasteiger partial charge in [-0.1, -0.05) is 0 Å². The fourth-order valence-corrected chi connectivity index (χ4v) is 3.22. The molecule has 1 saturated heterocycles. The molecule has 0 aromatic heterocycles. The lowest BCUT2D eigenvalue weighted by Crippen LogP contribution is -2.51. The van der Waals surface area contributed by atoms with Crippen molar-refractivity contribution in [1.29, 1.82) is 0 Å². The zero-order valence-electron chi connectivity index (χ0n) is 14.1. The monoisotopic (exact) mass is 299 g/mol. The first-order valence-electron chi connectivity index (χ1n) is 8.38. The van der Waals surface area contributed by atoms with Gasteiger partial charge in [-0.15, -0.1) is 0 Å². The molecule has 0 aromatic rings. The molecule has 1 rings (SSSR count). The molecule has 21 heavy (non-hydrogen) atoms. The number of nitrogens with zero attached hydrogens (tertiary/aromatic N) is 2. The Morgan fingerprint density at radius 2 is 1.95 bits per heavy atom. The third-order valence-corrected chi connectivity index (χ3v) is 4.32. The Labute approximate surface area is 129 Å². The summed E-state index contributed by atoms with van der Waals surface area (Å²) < 4.78 is 0. The van der Waals surface area contributed by atoms with E-state index >= 15 is 0 Å². The number of aliphatic hydroxyl groups is 1. The van der Waals surface area contributed by atoms with Crippen LogP contribution in [0.5, 0.6) is 0 Å². The first-order valence-corrected chi connectivity index (χ1v) is 8.38. The average molecular weight is 299 g/mol. The van der Waals surface area contributed by atoms with Gasteiger partial charge in [-0.25, -0.2) is 4.79 Å². The lowest BCUT2D eigenvalue weighted by Gasteiger charge is -2.36. The predicted molar refractivity (Wildman–Crippen MR) is 86.4 cm³/mol. The van der Waals surface area contributed by atoms with Crippen LogP contribution in [0.1, 0.15) is 53.4 Å². The number of hydrogen-bond acceptors (Lipinski definition) is 3. The SMILES string of the molecule is CC(C)N(CCNC(=O)N1CCCCC1CCO)C(C)C. The quantitative estimate of drug-likeness (QED) is 0.756. The molecule has 1 atom stereocenters. The summed E-state index contributed by atoms with van der Waals surface area (Å²) in [6.45, 7) is 11.3. The minimum absolute atomic E-state index is 0.0283. The Bertz CT molecular complexity index is 298. The summed E-state index contributed by atoms with van der Waals surface area (Å²) in [6, 6.07) is 1.20. The van der Waals surface area contributed by atoms with Crippen molar-refractivity contribution < 1.29 is 9.90 Å². The van der Waals surface area contributed by atoms with Gasteiger partial charge in [0.25, 0.3) is 0 Å². The van der Waals surface area contributed by atoms with E-state index in [1.807, 2.05) is 4.90 Å². The summed E-state index contributed by atoms with van der Waals surface area (Å²) in [5, 5.41) is 12.2. The number of aliphatic hydroxyl groups excluding tert-OH is 1. The van der Waals surface area contributed by atoms with Crippen molar-refractivity contribution in [3.63, 3.8) is 0 Å². The number of rotatable bonds is 7. The summed E-state index contributed by atoms with van der Waals surface area (Å²) in [4.78, 5) is 16.6. The van der Waals surface area contributed by atoms with E-state index in [1.165, 1.54) is 0 Å². The number of carbonyl (C=O) groups excluding carboxylic acids is 1. The van der Waals surface area contributed by atoms with Crippen molar-refractivity contribution in [2.45, 2.75) is 71.5 Å². The molecule has 5 nitrogen and oxygen atoms in total. The lowest BCUT2D eigenvalue weighted by molar-refractivity contribution is 0.128. The van der Waals surface area contributed by atoms with Gasteiger partial charge >= 0.3 is 6.03 Å². The largest absolute Gasteiger partial charge is 0.396 e. The number of urea groups is 1. The molecule has 124 valence electrons. The molecule has 2 N–H and O–H groups in total. The molecule has 1 aliphatic rings. The van der Waals surface area contributed by atoms with Crippen LogP contribution in [0.15, 0.2) is 0 Å². The van der Waals surface area contributed by atoms with E-state index < -0.39 is 0 Å². The summed E-state index contributed by atoms with van der Waals surface area (Å²) in [5.74, 6) is 0. The number of carbonyl (C=O) groups is 1. The van der Waals surface area contributed by atoms with E-state index in [2.05, 4.69) is 37.9 Å². The van der Waals surface area contributed by atoms with Crippen LogP contribution in [-0.2, 0) is 0 Å². The Kier molecular flexibility index (Phi) is 8.04. The molecule has 1 heterocycles. The molecule has 0 aliphatic carbocycles. The molecule has 1 unspecified atom stereocenters. The summed E-state index contributed by atoms with van der Waals surface area (Å²) in [6.07, 6.45) is 3.93. The highest BCUT2D eigenvalue weighted by Gasteiger charge is 2.26. The van der Waals surface area contributed by atoms with E-state index in [4.69, 9.17) is 5.11 Å². The molecule has 0 radical (unpaired) electrons. The number of hydrogen-bond donors (Lipinski definition) is 2. The topological polar surface area (TPSA) is 55.8 Å². The van der Waals surface area contributed by atoms with Gasteiger partial charge in [-0.05, 0) is 53.4 Å². The normalized spacial score (nSPS) is 19.6. The second-order valence-electron chi connectivity index (χ2n) is 6.51. The number of amides is 2. The average Bonchev–Trinajstić information content (AvgIpc) is 2.43. The van der Waals surface area contributed by atoms with Gasteiger partial charge in [-0.3, -0.25) is 4.90 Å². The second-order valence-corrected chi connectivity index (χ2v) is 6.51. The molecule has 0 bridgehead atoms. The molecule has 1 fully saturated rings. The third-order valence-electron chi connectivity index (χ3n) is 4.32. The molecular weight excluding hydrogens is 266 g/mol. The van der Waals surface area contributed by atoms with Gasteiger partial charge in [0.15, 0.2) is 0 Å². The van der Waals surface area contributed by atoms with Crippen LogP contribution < -0.4 is 5.32 Å². The van der Waals surface area contributed by atoms with Crippen LogP contribution >= 0.6 is 0 Å². The smallest absolute Gasteiger partial charge is 0.317 e. The Hall–Kier alpha value is -0.810. The molecule has 0 aromatic carbocycles. The Morgan fingerprint density at radius 3 is 2.52 bits per heavy atom. The van der Waals surface area contributed by atoms with Crippen LogP contribution in [0.2, 0.25) is 0 Å². The molecule has 1 aliphatic heterocycles. The van der Waals surface area contributed by atoms with Crippen molar-refractivity contribution >= 4 is 6.03 Å². The van der Waals surface area contributed by atoms with Gasteiger partial charge in [0.05, 0.1) is 0 Å².